The quantitative estimate of drug-likeness (QED) is 0.568. The molecule has 108 valence electrons. The Labute approximate surface area is 113 Å². The molecule has 5 heteroatoms. The van der Waals surface area contributed by atoms with Crippen LogP contribution in [0.3, 0.4) is 0 Å². The van der Waals surface area contributed by atoms with Gasteiger partial charge in [-0.1, -0.05) is 26.3 Å². The third-order valence-electron chi connectivity index (χ3n) is 3.52. The SMILES string of the molecule is C=COCC(CC)OC(=O)C1CCCCC1C(=O)O. The van der Waals surface area contributed by atoms with Crippen molar-refractivity contribution >= 4 is 11.9 Å². The number of hydrogen-bond donors (Lipinski definition) is 1. The van der Waals surface area contributed by atoms with Crippen LogP contribution in [-0.2, 0) is 19.1 Å². The lowest BCUT2D eigenvalue weighted by atomic mass is 9.79. The first-order valence-corrected chi connectivity index (χ1v) is 6.76. The van der Waals surface area contributed by atoms with E-state index in [9.17, 15) is 9.59 Å². The van der Waals surface area contributed by atoms with E-state index in [-0.39, 0.29) is 12.7 Å². The molecule has 0 aromatic carbocycles. The van der Waals surface area contributed by atoms with Gasteiger partial charge in [0.1, 0.15) is 12.7 Å². The summed E-state index contributed by atoms with van der Waals surface area (Å²) < 4.78 is 10.4. The Morgan fingerprint density at radius 3 is 2.53 bits per heavy atom. The van der Waals surface area contributed by atoms with Crippen LogP contribution in [0.5, 0.6) is 0 Å². The minimum Gasteiger partial charge on any atom is -0.498 e. The monoisotopic (exact) mass is 270 g/mol. The van der Waals surface area contributed by atoms with Crippen LogP contribution in [0.15, 0.2) is 12.8 Å². The Kier molecular flexibility index (Phi) is 6.39. The number of hydrogen-bond acceptors (Lipinski definition) is 4. The molecule has 0 heterocycles. The van der Waals surface area contributed by atoms with Crippen molar-refractivity contribution in [1.82, 2.24) is 0 Å². The second-order valence-electron chi connectivity index (χ2n) is 4.80. The molecule has 1 saturated carbocycles. The molecule has 0 bridgehead atoms. The van der Waals surface area contributed by atoms with E-state index in [1.54, 1.807) is 0 Å². The van der Waals surface area contributed by atoms with E-state index in [1.165, 1.54) is 6.26 Å². The molecule has 0 aromatic rings. The van der Waals surface area contributed by atoms with Crippen LogP contribution >= 0.6 is 0 Å². The van der Waals surface area contributed by atoms with E-state index in [0.717, 1.165) is 12.8 Å². The summed E-state index contributed by atoms with van der Waals surface area (Å²) in [5.41, 5.74) is 0. The fourth-order valence-electron chi connectivity index (χ4n) is 2.37. The Hall–Kier alpha value is -1.52. The van der Waals surface area contributed by atoms with Crippen molar-refractivity contribution in [3.05, 3.63) is 12.8 Å². The van der Waals surface area contributed by atoms with E-state index in [2.05, 4.69) is 6.58 Å². The largest absolute Gasteiger partial charge is 0.498 e. The molecular weight excluding hydrogens is 248 g/mol. The molecule has 19 heavy (non-hydrogen) atoms. The normalized spacial score (nSPS) is 24.3. The molecule has 0 aromatic heterocycles. The maximum absolute atomic E-state index is 12.1. The van der Waals surface area contributed by atoms with E-state index >= 15 is 0 Å². The van der Waals surface area contributed by atoms with Gasteiger partial charge < -0.3 is 14.6 Å². The van der Waals surface area contributed by atoms with Crippen LogP contribution < -0.4 is 0 Å². The van der Waals surface area contributed by atoms with Crippen LogP contribution in [0.4, 0.5) is 0 Å². The van der Waals surface area contributed by atoms with Crippen LogP contribution in [-0.4, -0.2) is 29.8 Å². The molecule has 1 rings (SSSR count). The van der Waals surface area contributed by atoms with Gasteiger partial charge in [0, 0.05) is 0 Å². The molecule has 1 N–H and O–H groups in total. The van der Waals surface area contributed by atoms with Crippen molar-refractivity contribution in [3.63, 3.8) is 0 Å². The summed E-state index contributed by atoms with van der Waals surface area (Å²) in [7, 11) is 0. The summed E-state index contributed by atoms with van der Waals surface area (Å²) in [5, 5.41) is 9.14. The third kappa shape index (κ3) is 4.58. The molecule has 1 aliphatic rings. The highest BCUT2D eigenvalue weighted by Crippen LogP contribution is 2.31. The zero-order valence-electron chi connectivity index (χ0n) is 11.3. The molecule has 0 radical (unpaired) electrons. The topological polar surface area (TPSA) is 72.8 Å². The number of esters is 1. The molecule has 3 atom stereocenters. The van der Waals surface area contributed by atoms with Gasteiger partial charge in [-0.2, -0.15) is 0 Å². The van der Waals surface area contributed by atoms with Crippen molar-refractivity contribution < 1.29 is 24.2 Å². The molecule has 1 fully saturated rings. The van der Waals surface area contributed by atoms with Crippen molar-refractivity contribution in [1.29, 1.82) is 0 Å². The summed E-state index contributed by atoms with van der Waals surface area (Å²) in [6, 6.07) is 0. The number of ether oxygens (including phenoxy) is 2. The maximum Gasteiger partial charge on any atom is 0.310 e. The first-order valence-electron chi connectivity index (χ1n) is 6.76. The average Bonchev–Trinajstić information content (AvgIpc) is 2.43. The minimum atomic E-state index is -0.906. The second kappa shape index (κ2) is 7.81. The van der Waals surface area contributed by atoms with Gasteiger partial charge in [0.15, 0.2) is 0 Å². The summed E-state index contributed by atoms with van der Waals surface area (Å²) in [6.07, 6.45) is 4.47. The smallest absolute Gasteiger partial charge is 0.310 e. The van der Waals surface area contributed by atoms with E-state index in [1.807, 2.05) is 6.92 Å². The number of rotatable bonds is 7. The Balaban J connectivity index is 2.58. The molecule has 0 amide bonds. The standard InChI is InChI=1S/C14H22O5/c1-3-10(9-18-4-2)19-14(17)12-8-6-5-7-11(12)13(15)16/h4,10-12H,2-3,5-9H2,1H3,(H,15,16). The van der Waals surface area contributed by atoms with Crippen LogP contribution in [0.1, 0.15) is 39.0 Å². The minimum absolute atomic E-state index is 0.260. The lowest BCUT2D eigenvalue weighted by Crippen LogP contribution is -2.36. The molecular formula is C14H22O5. The maximum atomic E-state index is 12.1. The number of carboxylic acid groups (broad SMARTS) is 1. The molecule has 3 unspecified atom stereocenters. The lowest BCUT2D eigenvalue weighted by molar-refractivity contribution is -0.165. The van der Waals surface area contributed by atoms with E-state index in [0.29, 0.717) is 19.3 Å². The molecule has 0 spiro atoms. The Morgan fingerprint density at radius 1 is 1.37 bits per heavy atom. The van der Waals surface area contributed by atoms with Crippen LogP contribution in [0, 0.1) is 11.8 Å². The van der Waals surface area contributed by atoms with Gasteiger partial charge in [-0.15, -0.1) is 0 Å². The van der Waals surface area contributed by atoms with Gasteiger partial charge in [-0.05, 0) is 19.3 Å². The average molecular weight is 270 g/mol. The zero-order valence-corrected chi connectivity index (χ0v) is 11.3. The van der Waals surface area contributed by atoms with Gasteiger partial charge in [0.05, 0.1) is 18.1 Å². The summed E-state index contributed by atoms with van der Waals surface area (Å²) >= 11 is 0. The van der Waals surface area contributed by atoms with E-state index < -0.39 is 23.8 Å². The van der Waals surface area contributed by atoms with Crippen molar-refractivity contribution in [2.24, 2.45) is 11.8 Å². The summed E-state index contributed by atoms with van der Waals surface area (Å²) in [4.78, 5) is 23.2. The highest BCUT2D eigenvalue weighted by molar-refractivity contribution is 5.81. The van der Waals surface area contributed by atoms with Crippen molar-refractivity contribution in [2.45, 2.75) is 45.1 Å². The van der Waals surface area contributed by atoms with Gasteiger partial charge >= 0.3 is 11.9 Å². The van der Waals surface area contributed by atoms with Gasteiger partial charge in [-0.25, -0.2) is 0 Å². The van der Waals surface area contributed by atoms with Crippen molar-refractivity contribution in [3.8, 4) is 0 Å². The number of carboxylic acids is 1. The van der Waals surface area contributed by atoms with E-state index in [4.69, 9.17) is 14.6 Å². The number of aliphatic carboxylic acids is 1. The lowest BCUT2D eigenvalue weighted by Gasteiger charge is -2.28. The molecule has 0 saturated heterocycles. The fraction of sp³-hybridized carbons (Fsp3) is 0.714. The Bertz CT molecular complexity index is 326. The number of carbonyl (C=O) groups excluding carboxylic acids is 1. The summed E-state index contributed by atoms with van der Waals surface area (Å²) in [5.74, 6) is -2.45. The van der Waals surface area contributed by atoms with Gasteiger partial charge in [0.2, 0.25) is 0 Å². The number of carbonyl (C=O) groups is 2. The predicted octanol–water partition coefficient (Wildman–Crippen LogP) is 2.36. The van der Waals surface area contributed by atoms with Crippen LogP contribution in [0.25, 0.3) is 0 Å². The second-order valence-corrected chi connectivity index (χ2v) is 4.80. The summed E-state index contributed by atoms with van der Waals surface area (Å²) in [6.45, 7) is 5.58. The molecule has 1 aliphatic carbocycles. The molecule has 5 nitrogen and oxygen atoms in total. The van der Waals surface area contributed by atoms with Gasteiger partial charge in [0.25, 0.3) is 0 Å². The first kappa shape index (κ1) is 15.5. The van der Waals surface area contributed by atoms with Crippen LogP contribution in [0.2, 0.25) is 0 Å². The first-order chi connectivity index (χ1) is 9.10. The highest BCUT2D eigenvalue weighted by Gasteiger charge is 2.37. The third-order valence-corrected chi connectivity index (χ3v) is 3.52. The fourth-order valence-corrected chi connectivity index (χ4v) is 2.37. The highest BCUT2D eigenvalue weighted by atomic mass is 16.6. The zero-order chi connectivity index (χ0) is 14.3. The van der Waals surface area contributed by atoms with Crippen molar-refractivity contribution in [2.75, 3.05) is 6.61 Å². The predicted molar refractivity (Wildman–Crippen MR) is 69.4 cm³/mol. The Morgan fingerprint density at radius 2 is 2.00 bits per heavy atom. The van der Waals surface area contributed by atoms with Gasteiger partial charge in [-0.3, -0.25) is 9.59 Å². The molecule has 0 aliphatic heterocycles.